The zero-order valence-corrected chi connectivity index (χ0v) is 8.78. The van der Waals surface area contributed by atoms with Gasteiger partial charge < -0.3 is 10.5 Å². The highest BCUT2D eigenvalue weighted by atomic mass is 16.5. The van der Waals surface area contributed by atoms with Crippen LogP contribution in [0, 0.1) is 0 Å². The third kappa shape index (κ3) is 4.40. The quantitative estimate of drug-likeness (QED) is 0.752. The molecule has 0 amide bonds. The van der Waals surface area contributed by atoms with Gasteiger partial charge in [0.05, 0.1) is 13.2 Å². The fourth-order valence-electron chi connectivity index (χ4n) is 1.36. The highest BCUT2D eigenvalue weighted by Crippen LogP contribution is 2.01. The average molecular weight is 193 g/mol. The maximum atomic E-state index is 5.82. The molecule has 78 valence electrons. The molecule has 0 aromatic heterocycles. The summed E-state index contributed by atoms with van der Waals surface area (Å²) in [7, 11) is 0. The van der Waals surface area contributed by atoms with E-state index in [4.69, 9.17) is 10.5 Å². The molecule has 0 spiro atoms. The lowest BCUT2D eigenvalue weighted by Crippen LogP contribution is -2.25. The van der Waals surface area contributed by atoms with Crippen LogP contribution in [-0.4, -0.2) is 12.6 Å². The van der Waals surface area contributed by atoms with Crippen molar-refractivity contribution in [1.82, 2.24) is 0 Å². The molecule has 14 heavy (non-hydrogen) atoms. The second kappa shape index (κ2) is 6.57. The fraction of sp³-hybridized carbons (Fsp3) is 0.500. The van der Waals surface area contributed by atoms with Gasteiger partial charge in [-0.1, -0.05) is 43.7 Å². The zero-order valence-electron chi connectivity index (χ0n) is 8.78. The summed E-state index contributed by atoms with van der Waals surface area (Å²) in [4.78, 5) is 0. The normalized spacial score (nSPS) is 12.7. The van der Waals surface area contributed by atoms with Crippen molar-refractivity contribution in [2.45, 2.75) is 32.4 Å². The van der Waals surface area contributed by atoms with Gasteiger partial charge in [-0.25, -0.2) is 0 Å². The molecule has 0 bridgehead atoms. The summed E-state index contributed by atoms with van der Waals surface area (Å²) < 4.78 is 5.51. The van der Waals surface area contributed by atoms with Gasteiger partial charge in [0, 0.05) is 6.04 Å². The van der Waals surface area contributed by atoms with Gasteiger partial charge in [-0.05, 0) is 12.0 Å². The van der Waals surface area contributed by atoms with Crippen molar-refractivity contribution in [3.8, 4) is 0 Å². The van der Waals surface area contributed by atoms with Crippen LogP contribution >= 0.6 is 0 Å². The van der Waals surface area contributed by atoms with E-state index in [9.17, 15) is 0 Å². The van der Waals surface area contributed by atoms with E-state index in [1.54, 1.807) is 0 Å². The summed E-state index contributed by atoms with van der Waals surface area (Å²) in [6.45, 7) is 3.46. The van der Waals surface area contributed by atoms with E-state index in [0.29, 0.717) is 13.2 Å². The van der Waals surface area contributed by atoms with Crippen molar-refractivity contribution in [2.24, 2.45) is 5.73 Å². The van der Waals surface area contributed by atoms with Crippen LogP contribution in [0.2, 0.25) is 0 Å². The van der Waals surface area contributed by atoms with Crippen molar-refractivity contribution in [2.75, 3.05) is 6.61 Å². The molecule has 0 saturated carbocycles. The van der Waals surface area contributed by atoms with Gasteiger partial charge in [-0.2, -0.15) is 0 Å². The predicted octanol–water partition coefficient (Wildman–Crippen LogP) is 2.33. The summed E-state index contributed by atoms with van der Waals surface area (Å²) in [6.07, 6.45) is 2.16. The first-order valence-electron chi connectivity index (χ1n) is 5.20. The highest BCUT2D eigenvalue weighted by molar-refractivity contribution is 5.13. The van der Waals surface area contributed by atoms with Crippen LogP contribution in [0.4, 0.5) is 0 Å². The lowest BCUT2D eigenvalue weighted by atomic mass is 10.2. The Morgan fingerprint density at radius 3 is 2.64 bits per heavy atom. The summed E-state index contributed by atoms with van der Waals surface area (Å²) in [6, 6.07) is 10.3. The first-order valence-corrected chi connectivity index (χ1v) is 5.20. The molecule has 0 aliphatic heterocycles. The van der Waals surface area contributed by atoms with E-state index in [1.807, 2.05) is 18.2 Å². The van der Waals surface area contributed by atoms with Gasteiger partial charge >= 0.3 is 0 Å². The largest absolute Gasteiger partial charge is 0.375 e. The maximum absolute atomic E-state index is 5.82. The minimum absolute atomic E-state index is 0.184. The second-order valence-corrected chi connectivity index (χ2v) is 3.55. The standard InChI is InChI=1S/C12H19NO/c1-2-6-12(13)10-14-9-11-7-4-3-5-8-11/h3-5,7-8,12H,2,6,9-10,13H2,1H3. The zero-order chi connectivity index (χ0) is 10.2. The van der Waals surface area contributed by atoms with Crippen LogP contribution < -0.4 is 5.73 Å². The predicted molar refractivity (Wildman–Crippen MR) is 59.0 cm³/mol. The van der Waals surface area contributed by atoms with Crippen molar-refractivity contribution in [1.29, 1.82) is 0 Å². The van der Waals surface area contributed by atoms with Crippen molar-refractivity contribution >= 4 is 0 Å². The number of rotatable bonds is 6. The maximum Gasteiger partial charge on any atom is 0.0717 e. The molecule has 0 fully saturated rings. The number of hydrogen-bond donors (Lipinski definition) is 1. The Hall–Kier alpha value is -0.860. The number of nitrogens with two attached hydrogens (primary N) is 1. The van der Waals surface area contributed by atoms with Gasteiger partial charge in [0.1, 0.15) is 0 Å². The van der Waals surface area contributed by atoms with Gasteiger partial charge in [-0.15, -0.1) is 0 Å². The Kier molecular flexibility index (Phi) is 5.27. The van der Waals surface area contributed by atoms with Crippen molar-refractivity contribution < 1.29 is 4.74 Å². The molecule has 1 unspecified atom stereocenters. The molecule has 1 aromatic carbocycles. The van der Waals surface area contributed by atoms with Crippen LogP contribution in [0.1, 0.15) is 25.3 Å². The molecule has 1 rings (SSSR count). The Balaban J connectivity index is 2.16. The van der Waals surface area contributed by atoms with Crippen LogP contribution in [0.15, 0.2) is 30.3 Å². The summed E-state index contributed by atoms with van der Waals surface area (Å²) in [5, 5.41) is 0. The number of benzene rings is 1. The first kappa shape index (κ1) is 11.2. The third-order valence-electron chi connectivity index (χ3n) is 2.10. The SMILES string of the molecule is CCCC(N)COCc1ccccc1. The Morgan fingerprint density at radius 1 is 1.29 bits per heavy atom. The van der Waals surface area contributed by atoms with Crippen LogP contribution in [0.25, 0.3) is 0 Å². The number of hydrogen-bond acceptors (Lipinski definition) is 2. The Labute approximate surface area is 86.1 Å². The minimum Gasteiger partial charge on any atom is -0.375 e. The van der Waals surface area contributed by atoms with E-state index < -0.39 is 0 Å². The molecule has 0 saturated heterocycles. The van der Waals surface area contributed by atoms with Crippen LogP contribution in [0.5, 0.6) is 0 Å². The first-order chi connectivity index (χ1) is 6.83. The van der Waals surface area contributed by atoms with Crippen LogP contribution in [-0.2, 0) is 11.3 Å². The molecule has 2 N–H and O–H groups in total. The third-order valence-corrected chi connectivity index (χ3v) is 2.10. The monoisotopic (exact) mass is 193 g/mol. The lowest BCUT2D eigenvalue weighted by Gasteiger charge is -2.10. The van der Waals surface area contributed by atoms with Crippen LogP contribution in [0.3, 0.4) is 0 Å². The Bertz CT molecular complexity index is 235. The molecule has 1 aromatic rings. The van der Waals surface area contributed by atoms with Gasteiger partial charge in [0.25, 0.3) is 0 Å². The molecule has 0 radical (unpaired) electrons. The molecule has 0 aliphatic carbocycles. The van der Waals surface area contributed by atoms with Gasteiger partial charge in [0.15, 0.2) is 0 Å². The molecular formula is C12H19NO. The summed E-state index contributed by atoms with van der Waals surface area (Å²) in [5.41, 5.74) is 7.03. The molecular weight excluding hydrogens is 174 g/mol. The Morgan fingerprint density at radius 2 is 2.00 bits per heavy atom. The topological polar surface area (TPSA) is 35.2 Å². The molecule has 0 aliphatic rings. The van der Waals surface area contributed by atoms with Gasteiger partial charge in [0.2, 0.25) is 0 Å². The molecule has 2 nitrogen and oxygen atoms in total. The summed E-state index contributed by atoms with van der Waals surface area (Å²) in [5.74, 6) is 0. The lowest BCUT2D eigenvalue weighted by molar-refractivity contribution is 0.106. The average Bonchev–Trinajstić information content (AvgIpc) is 2.20. The van der Waals surface area contributed by atoms with Gasteiger partial charge in [-0.3, -0.25) is 0 Å². The number of ether oxygens (including phenoxy) is 1. The highest BCUT2D eigenvalue weighted by Gasteiger charge is 2.00. The smallest absolute Gasteiger partial charge is 0.0717 e. The molecule has 1 atom stereocenters. The van der Waals surface area contributed by atoms with E-state index in [2.05, 4.69) is 19.1 Å². The summed E-state index contributed by atoms with van der Waals surface area (Å²) >= 11 is 0. The van der Waals surface area contributed by atoms with Crippen molar-refractivity contribution in [3.63, 3.8) is 0 Å². The fourth-order valence-corrected chi connectivity index (χ4v) is 1.36. The van der Waals surface area contributed by atoms with E-state index in [1.165, 1.54) is 5.56 Å². The molecule has 2 heteroatoms. The van der Waals surface area contributed by atoms with E-state index in [0.717, 1.165) is 12.8 Å². The van der Waals surface area contributed by atoms with E-state index >= 15 is 0 Å². The second-order valence-electron chi connectivity index (χ2n) is 3.55. The molecule has 0 heterocycles. The van der Waals surface area contributed by atoms with Crippen molar-refractivity contribution in [3.05, 3.63) is 35.9 Å². The minimum atomic E-state index is 0.184. The van der Waals surface area contributed by atoms with E-state index in [-0.39, 0.29) is 6.04 Å².